The third-order valence-electron chi connectivity index (χ3n) is 5.27. The van der Waals surface area contributed by atoms with Gasteiger partial charge in [-0.15, -0.1) is 0 Å². The number of ether oxygens (including phenoxy) is 2. The summed E-state index contributed by atoms with van der Waals surface area (Å²) in [7, 11) is 1.65. The molecule has 2 heterocycles. The van der Waals surface area contributed by atoms with Crippen LogP contribution in [0.1, 0.15) is 48.0 Å². The molecule has 7 nitrogen and oxygen atoms in total. The van der Waals surface area contributed by atoms with Crippen LogP contribution in [-0.4, -0.2) is 33.4 Å². The maximum absolute atomic E-state index is 14.4. The molecule has 0 fully saturated rings. The molecule has 0 aliphatic heterocycles. The first-order valence-electron chi connectivity index (χ1n) is 11.0. The quantitative estimate of drug-likeness (QED) is 0.531. The van der Waals surface area contributed by atoms with E-state index in [1.807, 2.05) is 41.5 Å². The number of nitrogens with zero attached hydrogens (tertiary/aromatic N) is 2. The Bertz CT molecular complexity index is 1240. The molecule has 2 aromatic heterocycles. The molecule has 0 spiro atoms. The number of aromatic nitrogens is 2. The summed E-state index contributed by atoms with van der Waals surface area (Å²) >= 11 is 0. The number of hydrogen-bond donors (Lipinski definition) is 1. The van der Waals surface area contributed by atoms with Crippen molar-refractivity contribution in [3.63, 3.8) is 0 Å². The van der Waals surface area contributed by atoms with Crippen LogP contribution in [-0.2, 0) is 11.8 Å². The predicted molar refractivity (Wildman–Crippen MR) is 127 cm³/mol. The smallest absolute Gasteiger partial charge is 0.408 e. The van der Waals surface area contributed by atoms with Gasteiger partial charge in [-0.2, -0.15) is 0 Å². The highest BCUT2D eigenvalue weighted by atomic mass is 19.1. The van der Waals surface area contributed by atoms with E-state index in [0.29, 0.717) is 29.7 Å². The maximum atomic E-state index is 14.4. The number of rotatable bonds is 6. The van der Waals surface area contributed by atoms with E-state index in [1.165, 1.54) is 10.8 Å². The summed E-state index contributed by atoms with van der Waals surface area (Å²) in [5, 5.41) is 4.03. The van der Waals surface area contributed by atoms with Gasteiger partial charge < -0.3 is 19.4 Å². The van der Waals surface area contributed by atoms with Crippen molar-refractivity contribution in [2.24, 2.45) is 13.0 Å². The second-order valence-corrected chi connectivity index (χ2v) is 10.2. The molecule has 1 amide bonds. The second-order valence-electron chi connectivity index (χ2n) is 10.2. The summed E-state index contributed by atoms with van der Waals surface area (Å²) in [5.41, 5.74) is -0.779. The molecule has 0 aliphatic carbocycles. The minimum Gasteiger partial charge on any atom is -0.493 e. The van der Waals surface area contributed by atoms with E-state index >= 15 is 0 Å². The highest BCUT2D eigenvalue weighted by Crippen LogP contribution is 2.28. The van der Waals surface area contributed by atoms with E-state index in [9.17, 15) is 14.0 Å². The summed E-state index contributed by atoms with van der Waals surface area (Å²) < 4.78 is 27.2. The molecule has 0 aliphatic rings. The van der Waals surface area contributed by atoms with Crippen LogP contribution >= 0.6 is 0 Å². The zero-order chi connectivity index (χ0) is 24.6. The van der Waals surface area contributed by atoms with Crippen LogP contribution in [0.25, 0.3) is 21.7 Å². The molecule has 0 saturated carbocycles. The lowest BCUT2D eigenvalue weighted by molar-refractivity contribution is 0.0455. The van der Waals surface area contributed by atoms with Gasteiger partial charge in [0, 0.05) is 35.6 Å². The van der Waals surface area contributed by atoms with Crippen LogP contribution in [0.5, 0.6) is 5.75 Å². The molecule has 1 atom stereocenters. The van der Waals surface area contributed by atoms with Crippen LogP contribution in [0.2, 0.25) is 0 Å². The molecule has 3 rings (SSSR count). The largest absolute Gasteiger partial charge is 0.493 e. The Balaban J connectivity index is 1.73. The van der Waals surface area contributed by atoms with Gasteiger partial charge in [-0.25, -0.2) is 9.18 Å². The van der Waals surface area contributed by atoms with E-state index in [1.54, 1.807) is 25.2 Å². The van der Waals surface area contributed by atoms with Crippen LogP contribution < -0.4 is 15.6 Å². The summed E-state index contributed by atoms with van der Waals surface area (Å²) in [6, 6.07) is 5.27. The molecule has 1 unspecified atom stereocenters. The number of fused-ring (bicyclic) bond motifs is 3. The van der Waals surface area contributed by atoms with Crippen LogP contribution in [0.15, 0.2) is 35.4 Å². The van der Waals surface area contributed by atoms with Gasteiger partial charge in [-0.05, 0) is 59.1 Å². The van der Waals surface area contributed by atoms with E-state index in [0.717, 1.165) is 6.20 Å². The Morgan fingerprint density at radius 3 is 2.55 bits per heavy atom. The van der Waals surface area contributed by atoms with Crippen molar-refractivity contribution >= 4 is 27.8 Å². The topological polar surface area (TPSA) is 82.5 Å². The van der Waals surface area contributed by atoms with E-state index in [2.05, 4.69) is 10.3 Å². The number of nitrogens with one attached hydrogen (secondary N) is 1. The van der Waals surface area contributed by atoms with E-state index in [-0.39, 0.29) is 22.2 Å². The minimum atomic E-state index is -0.560. The Morgan fingerprint density at radius 1 is 1.18 bits per heavy atom. The normalized spacial score (nSPS) is 13.2. The standard InChI is InChI=1S/C25H32FN3O4/c1-15(11-25(5,6)28-23(31)33-24(2,3)4)14-32-16-8-9-17-20(10-16)29(7)22(30)18-12-27-13-19(26)21(17)18/h8-10,12-13,15H,11,14H2,1-7H3,(H,28,31). The lowest BCUT2D eigenvalue weighted by Gasteiger charge is -2.30. The first-order valence-corrected chi connectivity index (χ1v) is 11.0. The number of halogens is 1. The van der Waals surface area contributed by atoms with Gasteiger partial charge in [0.15, 0.2) is 0 Å². The van der Waals surface area contributed by atoms with Gasteiger partial charge in [-0.3, -0.25) is 9.78 Å². The Hall–Kier alpha value is -3.16. The molecular formula is C25H32FN3O4. The molecule has 33 heavy (non-hydrogen) atoms. The molecule has 0 bridgehead atoms. The maximum Gasteiger partial charge on any atom is 0.408 e. The van der Waals surface area contributed by atoms with Crippen LogP contribution in [0.3, 0.4) is 0 Å². The summed E-state index contributed by atoms with van der Waals surface area (Å²) in [4.78, 5) is 28.6. The highest BCUT2D eigenvalue weighted by molar-refractivity contribution is 6.05. The molecule has 178 valence electrons. The average Bonchev–Trinajstić information content (AvgIpc) is 2.68. The fraction of sp³-hybridized carbons (Fsp3) is 0.480. The number of alkyl carbamates (subject to hydrolysis) is 1. The summed E-state index contributed by atoms with van der Waals surface area (Å²) in [6.45, 7) is 11.8. The summed E-state index contributed by atoms with van der Waals surface area (Å²) in [5.74, 6) is 0.169. The third kappa shape index (κ3) is 5.80. The Morgan fingerprint density at radius 2 is 1.88 bits per heavy atom. The lowest BCUT2D eigenvalue weighted by Crippen LogP contribution is -2.47. The number of hydrogen-bond acceptors (Lipinski definition) is 5. The second kappa shape index (κ2) is 9.00. The third-order valence-corrected chi connectivity index (χ3v) is 5.27. The first-order chi connectivity index (χ1) is 15.3. The lowest BCUT2D eigenvalue weighted by atomic mass is 9.92. The van der Waals surface area contributed by atoms with Crippen molar-refractivity contribution in [1.82, 2.24) is 14.9 Å². The van der Waals surface area contributed by atoms with Gasteiger partial charge >= 0.3 is 6.09 Å². The van der Waals surface area contributed by atoms with E-state index in [4.69, 9.17) is 9.47 Å². The van der Waals surface area contributed by atoms with Gasteiger partial charge in [0.05, 0.1) is 23.7 Å². The number of carbonyl (C=O) groups excluding carboxylic acids is 1. The van der Waals surface area contributed by atoms with E-state index < -0.39 is 23.1 Å². The molecule has 8 heteroatoms. The van der Waals surface area contributed by atoms with Crippen molar-refractivity contribution in [3.8, 4) is 5.75 Å². The fourth-order valence-electron chi connectivity index (χ4n) is 4.05. The Kier molecular flexibility index (Phi) is 6.68. The Labute approximate surface area is 192 Å². The minimum absolute atomic E-state index is 0.120. The van der Waals surface area contributed by atoms with Crippen molar-refractivity contribution in [1.29, 1.82) is 0 Å². The van der Waals surface area contributed by atoms with Crippen molar-refractivity contribution < 1.29 is 18.7 Å². The van der Waals surface area contributed by atoms with Crippen molar-refractivity contribution in [2.45, 2.75) is 59.1 Å². The van der Waals surface area contributed by atoms with Crippen molar-refractivity contribution in [2.75, 3.05) is 6.61 Å². The van der Waals surface area contributed by atoms with Crippen molar-refractivity contribution in [3.05, 3.63) is 46.8 Å². The molecular weight excluding hydrogens is 425 g/mol. The van der Waals surface area contributed by atoms with Gasteiger partial charge in [0.25, 0.3) is 5.56 Å². The zero-order valence-electron chi connectivity index (χ0n) is 20.3. The molecule has 0 saturated heterocycles. The number of pyridine rings is 2. The molecule has 1 aromatic carbocycles. The van der Waals surface area contributed by atoms with Gasteiger partial charge in [0.1, 0.15) is 17.2 Å². The number of benzene rings is 1. The molecule has 3 aromatic rings. The number of aryl methyl sites for hydroxylation is 1. The average molecular weight is 458 g/mol. The van der Waals surface area contributed by atoms with Crippen LogP contribution in [0, 0.1) is 11.7 Å². The van der Waals surface area contributed by atoms with Gasteiger partial charge in [0.2, 0.25) is 0 Å². The molecule has 1 N–H and O–H groups in total. The fourth-order valence-corrected chi connectivity index (χ4v) is 4.05. The van der Waals surface area contributed by atoms with Crippen LogP contribution in [0.4, 0.5) is 9.18 Å². The first kappa shape index (κ1) is 24.5. The summed E-state index contributed by atoms with van der Waals surface area (Å²) in [6.07, 6.45) is 2.71. The molecule has 0 radical (unpaired) electrons. The number of amides is 1. The number of carbonyl (C=O) groups is 1. The monoisotopic (exact) mass is 457 g/mol. The zero-order valence-corrected chi connectivity index (χ0v) is 20.3. The predicted octanol–water partition coefficient (Wildman–Crippen LogP) is 4.93. The van der Waals surface area contributed by atoms with Gasteiger partial charge in [-0.1, -0.05) is 6.92 Å². The highest BCUT2D eigenvalue weighted by Gasteiger charge is 2.26. The SMILES string of the molecule is CC(COc1ccc2c3c(F)cncc3c(=O)n(C)c2c1)CC(C)(C)NC(=O)OC(C)(C)C.